The molecule has 10 nitrogen and oxygen atoms in total. The Labute approximate surface area is 170 Å². The molecule has 0 spiro atoms. The molecule has 0 saturated carbocycles. The summed E-state index contributed by atoms with van der Waals surface area (Å²) in [6, 6.07) is -3.05. The van der Waals surface area contributed by atoms with Gasteiger partial charge in [0.2, 0.25) is 17.7 Å². The molecule has 0 aliphatic carbocycles. The number of carbonyl (C=O) groups is 4. The van der Waals surface area contributed by atoms with E-state index in [0.29, 0.717) is 64.6 Å². The molecule has 0 aromatic rings. The summed E-state index contributed by atoms with van der Waals surface area (Å²) in [6.45, 7) is 2.81. The molecule has 4 atom stereocenters. The number of nitrogens with one attached hydrogen (secondary N) is 1. The molecule has 29 heavy (non-hydrogen) atoms. The molecule has 2 fully saturated rings. The summed E-state index contributed by atoms with van der Waals surface area (Å²) in [7, 11) is 0. The van der Waals surface area contributed by atoms with Gasteiger partial charge in [-0.1, -0.05) is 0 Å². The van der Waals surface area contributed by atoms with Gasteiger partial charge in [0.25, 0.3) is 0 Å². The fraction of sp³-hybridized carbons (Fsp3) is 0.789. The Kier molecular flexibility index (Phi) is 8.39. The standard InChI is InChI=1S/C19H33N5O5/c1-12(21)16(25)22-13(6-2-3-9-20)17(26)23-10-4-7-14(23)18(27)24-11-5-8-15(24)19(28)29/h12-15H,2-11,20-21H2,1H3,(H,22,25)(H,28,29). The normalized spacial score (nSPS) is 23.7. The molecule has 2 heterocycles. The van der Waals surface area contributed by atoms with Gasteiger partial charge in [-0.05, 0) is 58.4 Å². The summed E-state index contributed by atoms with van der Waals surface area (Å²) >= 11 is 0. The van der Waals surface area contributed by atoms with Crippen molar-refractivity contribution in [2.24, 2.45) is 11.5 Å². The van der Waals surface area contributed by atoms with Gasteiger partial charge in [-0.2, -0.15) is 0 Å². The molecule has 0 radical (unpaired) electrons. The van der Waals surface area contributed by atoms with Crippen LogP contribution < -0.4 is 16.8 Å². The van der Waals surface area contributed by atoms with E-state index < -0.39 is 36.0 Å². The highest BCUT2D eigenvalue weighted by Crippen LogP contribution is 2.26. The van der Waals surface area contributed by atoms with E-state index in [2.05, 4.69) is 5.32 Å². The van der Waals surface area contributed by atoms with Crippen molar-refractivity contribution in [2.45, 2.75) is 76.0 Å². The molecule has 0 aromatic carbocycles. The zero-order chi connectivity index (χ0) is 21.6. The summed E-state index contributed by atoms with van der Waals surface area (Å²) in [4.78, 5) is 52.6. The molecule has 2 aliphatic heterocycles. The average molecular weight is 412 g/mol. The number of carbonyl (C=O) groups excluding carboxylic acids is 3. The van der Waals surface area contributed by atoms with Gasteiger partial charge in [0.15, 0.2) is 0 Å². The highest BCUT2D eigenvalue weighted by Gasteiger charge is 2.43. The third-order valence-corrected chi connectivity index (χ3v) is 5.62. The first-order chi connectivity index (χ1) is 13.8. The third kappa shape index (κ3) is 5.66. The zero-order valence-electron chi connectivity index (χ0n) is 17.0. The van der Waals surface area contributed by atoms with Crippen molar-refractivity contribution in [3.63, 3.8) is 0 Å². The molecule has 164 valence electrons. The van der Waals surface area contributed by atoms with Crippen LogP contribution in [-0.4, -0.2) is 82.4 Å². The SMILES string of the molecule is CC(N)C(=O)NC(CCCCN)C(=O)N1CCCC1C(=O)N1CCCC1C(=O)O. The van der Waals surface area contributed by atoms with Crippen LogP contribution in [0.3, 0.4) is 0 Å². The fourth-order valence-corrected chi connectivity index (χ4v) is 4.02. The number of nitrogens with zero attached hydrogens (tertiary/aromatic N) is 2. The van der Waals surface area contributed by atoms with E-state index in [9.17, 15) is 24.3 Å². The Morgan fingerprint density at radius 2 is 1.69 bits per heavy atom. The van der Waals surface area contributed by atoms with Crippen LogP contribution in [0.2, 0.25) is 0 Å². The van der Waals surface area contributed by atoms with E-state index in [-0.39, 0.29) is 11.8 Å². The van der Waals surface area contributed by atoms with Crippen LogP contribution in [-0.2, 0) is 19.2 Å². The highest BCUT2D eigenvalue weighted by molar-refractivity contribution is 5.94. The van der Waals surface area contributed by atoms with E-state index in [1.165, 1.54) is 9.80 Å². The van der Waals surface area contributed by atoms with Crippen molar-refractivity contribution in [3.8, 4) is 0 Å². The molecular formula is C19H33N5O5. The molecule has 2 saturated heterocycles. The van der Waals surface area contributed by atoms with Gasteiger partial charge < -0.3 is 31.7 Å². The Balaban J connectivity index is 2.12. The number of amides is 3. The second-order valence-electron chi connectivity index (χ2n) is 7.85. The first-order valence-corrected chi connectivity index (χ1v) is 10.4. The summed E-state index contributed by atoms with van der Waals surface area (Å²) in [5.74, 6) is -2.09. The number of carboxylic acids is 1. The lowest BCUT2D eigenvalue weighted by Crippen LogP contribution is -2.56. The Morgan fingerprint density at radius 3 is 2.28 bits per heavy atom. The van der Waals surface area contributed by atoms with Crippen LogP contribution >= 0.6 is 0 Å². The number of unbranched alkanes of at least 4 members (excludes halogenated alkanes) is 1. The molecule has 6 N–H and O–H groups in total. The molecule has 0 aromatic heterocycles. The molecule has 0 bridgehead atoms. The predicted molar refractivity (Wildman–Crippen MR) is 106 cm³/mol. The average Bonchev–Trinajstić information content (AvgIpc) is 3.35. The van der Waals surface area contributed by atoms with E-state index in [1.807, 2.05) is 0 Å². The van der Waals surface area contributed by atoms with Gasteiger partial charge in [-0.3, -0.25) is 14.4 Å². The topological polar surface area (TPSA) is 159 Å². The quantitative estimate of drug-likeness (QED) is 0.355. The maximum Gasteiger partial charge on any atom is 0.326 e. The van der Waals surface area contributed by atoms with Crippen LogP contribution in [0.25, 0.3) is 0 Å². The Bertz CT molecular complexity index is 626. The lowest BCUT2D eigenvalue weighted by atomic mass is 10.1. The number of hydrogen-bond donors (Lipinski definition) is 4. The fourth-order valence-electron chi connectivity index (χ4n) is 4.02. The largest absolute Gasteiger partial charge is 0.480 e. The molecular weight excluding hydrogens is 378 g/mol. The molecule has 2 aliphatic rings. The summed E-state index contributed by atoms with van der Waals surface area (Å²) in [5.41, 5.74) is 11.2. The Morgan fingerprint density at radius 1 is 1.07 bits per heavy atom. The first-order valence-electron chi connectivity index (χ1n) is 10.4. The maximum absolute atomic E-state index is 13.2. The van der Waals surface area contributed by atoms with Gasteiger partial charge in [0.05, 0.1) is 6.04 Å². The highest BCUT2D eigenvalue weighted by atomic mass is 16.4. The summed E-state index contributed by atoms with van der Waals surface area (Å²) in [5, 5.41) is 12.1. The minimum atomic E-state index is -1.02. The lowest BCUT2D eigenvalue weighted by molar-refractivity contribution is -0.152. The van der Waals surface area contributed by atoms with E-state index in [4.69, 9.17) is 11.5 Å². The van der Waals surface area contributed by atoms with Gasteiger partial charge >= 0.3 is 5.97 Å². The van der Waals surface area contributed by atoms with Crippen LogP contribution in [0.5, 0.6) is 0 Å². The lowest BCUT2D eigenvalue weighted by Gasteiger charge is -2.32. The zero-order valence-corrected chi connectivity index (χ0v) is 17.0. The number of likely N-dealkylation sites (tertiary alicyclic amines) is 2. The summed E-state index contributed by atoms with van der Waals surface area (Å²) < 4.78 is 0. The summed E-state index contributed by atoms with van der Waals surface area (Å²) in [6.07, 6.45) is 3.99. The van der Waals surface area contributed by atoms with E-state index >= 15 is 0 Å². The van der Waals surface area contributed by atoms with Crippen molar-refractivity contribution in [3.05, 3.63) is 0 Å². The molecule has 2 rings (SSSR count). The number of nitrogens with two attached hydrogens (primary N) is 2. The second kappa shape index (κ2) is 10.5. The van der Waals surface area contributed by atoms with Gasteiger partial charge in [-0.15, -0.1) is 0 Å². The van der Waals surface area contributed by atoms with E-state index in [1.54, 1.807) is 6.92 Å². The van der Waals surface area contributed by atoms with Crippen molar-refractivity contribution in [1.29, 1.82) is 0 Å². The molecule has 4 unspecified atom stereocenters. The third-order valence-electron chi connectivity index (χ3n) is 5.62. The van der Waals surface area contributed by atoms with Crippen LogP contribution in [0.1, 0.15) is 51.9 Å². The molecule has 3 amide bonds. The minimum Gasteiger partial charge on any atom is -0.480 e. The van der Waals surface area contributed by atoms with Crippen molar-refractivity contribution in [1.82, 2.24) is 15.1 Å². The number of aliphatic carboxylic acids is 1. The number of rotatable bonds is 9. The first kappa shape index (κ1) is 23.1. The van der Waals surface area contributed by atoms with Crippen LogP contribution in [0.15, 0.2) is 0 Å². The maximum atomic E-state index is 13.2. The minimum absolute atomic E-state index is 0.319. The second-order valence-corrected chi connectivity index (χ2v) is 7.85. The smallest absolute Gasteiger partial charge is 0.326 e. The number of hydrogen-bond acceptors (Lipinski definition) is 6. The van der Waals surface area contributed by atoms with Gasteiger partial charge in [0, 0.05) is 13.1 Å². The van der Waals surface area contributed by atoms with Crippen molar-refractivity contribution < 1.29 is 24.3 Å². The van der Waals surface area contributed by atoms with Crippen molar-refractivity contribution >= 4 is 23.7 Å². The van der Waals surface area contributed by atoms with Crippen LogP contribution in [0, 0.1) is 0 Å². The monoisotopic (exact) mass is 411 g/mol. The van der Waals surface area contributed by atoms with Gasteiger partial charge in [-0.25, -0.2) is 4.79 Å². The van der Waals surface area contributed by atoms with E-state index in [0.717, 1.165) is 0 Å². The van der Waals surface area contributed by atoms with Crippen LogP contribution in [0.4, 0.5) is 0 Å². The molecule has 10 heteroatoms. The van der Waals surface area contributed by atoms with Gasteiger partial charge in [0.1, 0.15) is 18.1 Å². The predicted octanol–water partition coefficient (Wildman–Crippen LogP) is -0.986. The Hall–Kier alpha value is -2.20. The van der Waals surface area contributed by atoms with Crippen molar-refractivity contribution in [2.75, 3.05) is 19.6 Å². The number of carboxylic acid groups (broad SMARTS) is 1.